The van der Waals surface area contributed by atoms with Crippen molar-refractivity contribution in [2.24, 2.45) is 0 Å². The Bertz CT molecular complexity index is 629. The summed E-state index contributed by atoms with van der Waals surface area (Å²) in [6, 6.07) is 12.3. The molecule has 2 nitrogen and oxygen atoms in total. The summed E-state index contributed by atoms with van der Waals surface area (Å²) in [7, 11) is 0. The summed E-state index contributed by atoms with van der Waals surface area (Å²) in [4.78, 5) is 4.15. The van der Waals surface area contributed by atoms with Gasteiger partial charge < -0.3 is 5.73 Å². The Hall–Kier alpha value is -1.87. The Labute approximate surface area is 97.4 Å². The van der Waals surface area contributed by atoms with Gasteiger partial charge in [0.15, 0.2) is 0 Å². The molecule has 0 atom stereocenters. The highest BCUT2D eigenvalue weighted by molar-refractivity contribution is 7.17. The molecular formula is C13H10N2S. The molecule has 0 aliphatic rings. The van der Waals surface area contributed by atoms with Gasteiger partial charge in [-0.3, -0.25) is 0 Å². The van der Waals surface area contributed by atoms with Crippen LogP contribution >= 0.6 is 11.3 Å². The van der Waals surface area contributed by atoms with Crippen molar-refractivity contribution in [2.75, 3.05) is 5.73 Å². The zero-order chi connectivity index (χ0) is 11.0. The van der Waals surface area contributed by atoms with Crippen LogP contribution in [0.5, 0.6) is 0 Å². The van der Waals surface area contributed by atoms with Gasteiger partial charge in [0.25, 0.3) is 0 Å². The van der Waals surface area contributed by atoms with E-state index < -0.39 is 0 Å². The number of anilines is 1. The van der Waals surface area contributed by atoms with Crippen LogP contribution in [0.15, 0.2) is 48.0 Å². The summed E-state index contributed by atoms with van der Waals surface area (Å²) in [5, 5.41) is 3.21. The lowest BCUT2D eigenvalue weighted by atomic mass is 10.1. The van der Waals surface area contributed by atoms with Crippen LogP contribution < -0.4 is 5.73 Å². The Morgan fingerprint density at radius 2 is 1.88 bits per heavy atom. The fourth-order valence-electron chi connectivity index (χ4n) is 1.84. The number of hydrogen-bond acceptors (Lipinski definition) is 3. The molecule has 0 saturated heterocycles. The van der Waals surface area contributed by atoms with Gasteiger partial charge in [-0.15, -0.1) is 11.3 Å². The molecule has 0 aliphatic carbocycles. The number of fused-ring (bicyclic) bond motifs is 1. The van der Waals surface area contributed by atoms with Gasteiger partial charge in [-0.05, 0) is 17.0 Å². The van der Waals surface area contributed by atoms with E-state index in [-0.39, 0.29) is 0 Å². The largest absolute Gasteiger partial charge is 0.383 e. The smallest absolute Gasteiger partial charge is 0.132 e. The van der Waals surface area contributed by atoms with Crippen molar-refractivity contribution in [3.63, 3.8) is 0 Å². The van der Waals surface area contributed by atoms with E-state index in [1.54, 1.807) is 17.5 Å². The molecule has 3 rings (SSSR count). The Morgan fingerprint density at radius 1 is 1.06 bits per heavy atom. The third-order valence-electron chi connectivity index (χ3n) is 2.60. The highest BCUT2D eigenvalue weighted by Crippen LogP contribution is 2.36. The van der Waals surface area contributed by atoms with Crippen molar-refractivity contribution in [3.8, 4) is 11.1 Å². The van der Waals surface area contributed by atoms with Gasteiger partial charge in [0.05, 0.1) is 0 Å². The van der Waals surface area contributed by atoms with Gasteiger partial charge in [-0.1, -0.05) is 30.3 Å². The minimum atomic E-state index is 0.609. The monoisotopic (exact) mass is 226 g/mol. The zero-order valence-corrected chi connectivity index (χ0v) is 9.37. The first kappa shape index (κ1) is 9.36. The van der Waals surface area contributed by atoms with Crippen LogP contribution in [0.4, 0.5) is 5.82 Å². The fraction of sp³-hybridized carbons (Fsp3) is 0. The van der Waals surface area contributed by atoms with Gasteiger partial charge in [-0.25, -0.2) is 4.98 Å². The topological polar surface area (TPSA) is 38.9 Å². The minimum Gasteiger partial charge on any atom is -0.383 e. The predicted molar refractivity (Wildman–Crippen MR) is 69.5 cm³/mol. The molecule has 2 heterocycles. The normalized spacial score (nSPS) is 10.8. The summed E-state index contributed by atoms with van der Waals surface area (Å²) in [6.07, 6.45) is 1.75. The lowest BCUT2D eigenvalue weighted by Gasteiger charge is -2.01. The first-order chi connectivity index (χ1) is 7.86. The standard InChI is InChI=1S/C13H10N2S/c14-13-12-10(9-4-2-1-3-5-9)8-16-11(12)6-7-15-13/h1-8H,(H2,14,15). The number of pyridine rings is 1. The van der Waals surface area contributed by atoms with Gasteiger partial charge >= 0.3 is 0 Å². The minimum absolute atomic E-state index is 0.609. The molecule has 0 spiro atoms. The number of nitrogens with zero attached hydrogens (tertiary/aromatic N) is 1. The molecule has 78 valence electrons. The Kier molecular flexibility index (Phi) is 2.11. The molecule has 0 amide bonds. The molecular weight excluding hydrogens is 216 g/mol. The summed E-state index contributed by atoms with van der Waals surface area (Å²) in [6.45, 7) is 0. The second-order valence-corrected chi connectivity index (χ2v) is 4.50. The summed E-state index contributed by atoms with van der Waals surface area (Å²) in [5.74, 6) is 0.609. The van der Waals surface area contributed by atoms with Crippen molar-refractivity contribution in [1.29, 1.82) is 0 Å². The van der Waals surface area contributed by atoms with Crippen molar-refractivity contribution < 1.29 is 0 Å². The second kappa shape index (κ2) is 3.61. The molecule has 16 heavy (non-hydrogen) atoms. The fourth-order valence-corrected chi connectivity index (χ4v) is 2.81. The summed E-state index contributed by atoms with van der Waals surface area (Å²) >= 11 is 1.70. The number of hydrogen-bond donors (Lipinski definition) is 1. The van der Waals surface area contributed by atoms with E-state index >= 15 is 0 Å². The van der Waals surface area contributed by atoms with Crippen LogP contribution in [0, 0.1) is 0 Å². The van der Waals surface area contributed by atoms with Crippen LogP contribution in [0.25, 0.3) is 21.2 Å². The van der Waals surface area contributed by atoms with Crippen molar-refractivity contribution in [1.82, 2.24) is 4.98 Å². The van der Waals surface area contributed by atoms with E-state index in [4.69, 9.17) is 5.73 Å². The number of nitrogen functional groups attached to an aromatic ring is 1. The maximum absolute atomic E-state index is 5.93. The number of benzene rings is 1. The SMILES string of the molecule is Nc1nccc2scc(-c3ccccc3)c12. The lowest BCUT2D eigenvalue weighted by Crippen LogP contribution is -1.89. The maximum Gasteiger partial charge on any atom is 0.132 e. The Balaban J connectivity index is 2.33. The van der Waals surface area contributed by atoms with Crippen molar-refractivity contribution >= 4 is 27.2 Å². The van der Waals surface area contributed by atoms with Crippen LogP contribution in [-0.2, 0) is 0 Å². The molecule has 0 saturated carbocycles. The molecule has 0 fully saturated rings. The molecule has 2 aromatic heterocycles. The van der Waals surface area contributed by atoms with E-state index in [1.807, 2.05) is 24.3 Å². The zero-order valence-electron chi connectivity index (χ0n) is 8.55. The molecule has 0 radical (unpaired) electrons. The van der Waals surface area contributed by atoms with Gasteiger partial charge in [0.1, 0.15) is 5.82 Å². The summed E-state index contributed by atoms with van der Waals surface area (Å²) < 4.78 is 1.19. The molecule has 0 unspecified atom stereocenters. The first-order valence-electron chi connectivity index (χ1n) is 5.03. The van der Waals surface area contributed by atoms with Crippen molar-refractivity contribution in [3.05, 3.63) is 48.0 Å². The van der Waals surface area contributed by atoms with E-state index in [0.29, 0.717) is 5.82 Å². The van der Waals surface area contributed by atoms with Crippen LogP contribution in [0.1, 0.15) is 0 Å². The first-order valence-corrected chi connectivity index (χ1v) is 5.91. The van der Waals surface area contributed by atoms with Gasteiger partial charge in [-0.2, -0.15) is 0 Å². The molecule has 1 aromatic carbocycles. The molecule has 0 aliphatic heterocycles. The highest BCUT2D eigenvalue weighted by Gasteiger charge is 2.08. The molecule has 3 heteroatoms. The molecule has 2 N–H and O–H groups in total. The molecule has 3 aromatic rings. The van der Waals surface area contributed by atoms with E-state index in [9.17, 15) is 0 Å². The predicted octanol–water partition coefficient (Wildman–Crippen LogP) is 3.55. The van der Waals surface area contributed by atoms with Crippen molar-refractivity contribution in [2.45, 2.75) is 0 Å². The number of rotatable bonds is 1. The van der Waals surface area contributed by atoms with Crippen LogP contribution in [0.2, 0.25) is 0 Å². The van der Waals surface area contributed by atoms with E-state index in [0.717, 1.165) is 5.39 Å². The number of thiophene rings is 1. The van der Waals surface area contributed by atoms with Gasteiger partial charge in [0, 0.05) is 21.8 Å². The maximum atomic E-state index is 5.93. The summed E-state index contributed by atoms with van der Waals surface area (Å²) in [5.41, 5.74) is 8.30. The van der Waals surface area contributed by atoms with Crippen LogP contribution in [0.3, 0.4) is 0 Å². The van der Waals surface area contributed by atoms with Gasteiger partial charge in [0.2, 0.25) is 0 Å². The van der Waals surface area contributed by atoms with E-state index in [1.165, 1.54) is 15.8 Å². The third kappa shape index (κ3) is 1.37. The van der Waals surface area contributed by atoms with E-state index in [2.05, 4.69) is 22.5 Å². The highest BCUT2D eigenvalue weighted by atomic mass is 32.1. The molecule has 0 bridgehead atoms. The Morgan fingerprint density at radius 3 is 2.69 bits per heavy atom. The number of nitrogens with two attached hydrogens (primary N) is 1. The third-order valence-corrected chi connectivity index (χ3v) is 3.55. The number of aromatic nitrogens is 1. The second-order valence-electron chi connectivity index (χ2n) is 3.58. The average molecular weight is 226 g/mol. The average Bonchev–Trinajstić information content (AvgIpc) is 2.75. The van der Waals surface area contributed by atoms with Crippen LogP contribution in [-0.4, -0.2) is 4.98 Å². The lowest BCUT2D eigenvalue weighted by molar-refractivity contribution is 1.38. The quantitative estimate of drug-likeness (QED) is 0.689.